The maximum absolute atomic E-state index is 12.4. The number of nitrogens with zero attached hydrogens (tertiary/aromatic N) is 1. The van der Waals surface area contributed by atoms with E-state index in [-0.39, 0.29) is 5.78 Å². The molecule has 0 saturated heterocycles. The van der Waals surface area contributed by atoms with Gasteiger partial charge in [0.25, 0.3) is 0 Å². The molecule has 3 rings (SSSR count). The molecular formula is C15H13NO2. The van der Waals surface area contributed by atoms with Crippen molar-refractivity contribution in [3.63, 3.8) is 0 Å². The van der Waals surface area contributed by atoms with Gasteiger partial charge in [0.15, 0.2) is 5.78 Å². The number of hydrogen-bond acceptors (Lipinski definition) is 3. The van der Waals surface area contributed by atoms with E-state index in [9.17, 15) is 4.79 Å². The third-order valence-electron chi connectivity index (χ3n) is 3.20. The molecular weight excluding hydrogens is 226 g/mol. The zero-order chi connectivity index (χ0) is 12.5. The Kier molecular flexibility index (Phi) is 2.59. The first-order chi connectivity index (χ1) is 8.75. The van der Waals surface area contributed by atoms with E-state index in [4.69, 9.17) is 4.74 Å². The normalized spacial score (nSPS) is 12.9. The van der Waals surface area contributed by atoms with Crippen molar-refractivity contribution in [1.82, 2.24) is 4.98 Å². The quantitative estimate of drug-likeness (QED) is 0.756. The maximum Gasteiger partial charge on any atom is 0.194 e. The minimum Gasteiger partial charge on any atom is -0.493 e. The van der Waals surface area contributed by atoms with Gasteiger partial charge in [-0.1, -0.05) is 0 Å². The second kappa shape index (κ2) is 4.26. The molecule has 18 heavy (non-hydrogen) atoms. The van der Waals surface area contributed by atoms with Crippen molar-refractivity contribution in [2.24, 2.45) is 0 Å². The highest BCUT2D eigenvalue weighted by Gasteiger charge is 2.17. The van der Waals surface area contributed by atoms with Gasteiger partial charge < -0.3 is 4.74 Å². The van der Waals surface area contributed by atoms with E-state index >= 15 is 0 Å². The number of benzene rings is 1. The molecule has 90 valence electrons. The van der Waals surface area contributed by atoms with Crippen molar-refractivity contribution in [3.05, 3.63) is 58.9 Å². The van der Waals surface area contributed by atoms with Crippen LogP contribution in [0.4, 0.5) is 0 Å². The Morgan fingerprint density at radius 3 is 3.06 bits per heavy atom. The highest BCUT2D eigenvalue weighted by atomic mass is 16.5. The predicted octanol–water partition coefficient (Wildman–Crippen LogP) is 2.56. The number of hydrogen-bond donors (Lipinski definition) is 0. The van der Waals surface area contributed by atoms with Crippen LogP contribution in [0.2, 0.25) is 0 Å². The smallest absolute Gasteiger partial charge is 0.194 e. The fourth-order valence-electron chi connectivity index (χ4n) is 2.21. The monoisotopic (exact) mass is 239 g/mol. The average molecular weight is 239 g/mol. The summed E-state index contributed by atoms with van der Waals surface area (Å²) >= 11 is 0. The number of carbonyl (C=O) groups excluding carboxylic acids is 1. The zero-order valence-electron chi connectivity index (χ0n) is 10.1. The van der Waals surface area contributed by atoms with Gasteiger partial charge >= 0.3 is 0 Å². The standard InChI is InChI=1S/C15H13NO2/c1-10-13(3-2-7-16-10)15(17)12-4-5-14-11(9-12)6-8-18-14/h2-5,7,9H,6,8H2,1H3. The summed E-state index contributed by atoms with van der Waals surface area (Å²) < 4.78 is 5.44. The van der Waals surface area contributed by atoms with E-state index in [1.165, 1.54) is 0 Å². The lowest BCUT2D eigenvalue weighted by Gasteiger charge is -2.05. The van der Waals surface area contributed by atoms with Crippen molar-refractivity contribution >= 4 is 5.78 Å². The Hall–Kier alpha value is -2.16. The summed E-state index contributed by atoms with van der Waals surface area (Å²) in [4.78, 5) is 16.5. The fourth-order valence-corrected chi connectivity index (χ4v) is 2.21. The van der Waals surface area contributed by atoms with Gasteiger partial charge in [0, 0.05) is 29.4 Å². The topological polar surface area (TPSA) is 39.2 Å². The van der Waals surface area contributed by atoms with Gasteiger partial charge in [-0.25, -0.2) is 0 Å². The first kappa shape index (κ1) is 11.0. The molecule has 1 aromatic carbocycles. The van der Waals surface area contributed by atoms with Crippen molar-refractivity contribution in [1.29, 1.82) is 0 Å². The van der Waals surface area contributed by atoms with Gasteiger partial charge in [-0.15, -0.1) is 0 Å². The molecule has 0 radical (unpaired) electrons. The van der Waals surface area contributed by atoms with Crippen LogP contribution in [-0.2, 0) is 6.42 Å². The maximum atomic E-state index is 12.4. The van der Waals surface area contributed by atoms with Gasteiger partial charge in [0.2, 0.25) is 0 Å². The number of aromatic nitrogens is 1. The average Bonchev–Trinajstić information content (AvgIpc) is 2.85. The Morgan fingerprint density at radius 2 is 2.22 bits per heavy atom. The second-order valence-corrected chi connectivity index (χ2v) is 4.39. The molecule has 0 atom stereocenters. The molecule has 3 nitrogen and oxygen atoms in total. The van der Waals surface area contributed by atoms with Crippen molar-refractivity contribution in [2.75, 3.05) is 6.61 Å². The lowest BCUT2D eigenvalue weighted by Crippen LogP contribution is -2.05. The van der Waals surface area contributed by atoms with Crippen LogP contribution >= 0.6 is 0 Å². The van der Waals surface area contributed by atoms with E-state index in [2.05, 4.69) is 4.98 Å². The van der Waals surface area contributed by atoms with E-state index in [0.717, 1.165) is 23.4 Å². The molecule has 3 heteroatoms. The second-order valence-electron chi connectivity index (χ2n) is 4.39. The third-order valence-corrected chi connectivity index (χ3v) is 3.20. The molecule has 0 aliphatic carbocycles. The van der Waals surface area contributed by atoms with Gasteiger partial charge in [-0.2, -0.15) is 0 Å². The van der Waals surface area contributed by atoms with Crippen LogP contribution in [0.1, 0.15) is 27.2 Å². The van der Waals surface area contributed by atoms with Crippen LogP contribution in [0.5, 0.6) is 5.75 Å². The molecule has 0 amide bonds. The molecule has 1 aliphatic rings. The van der Waals surface area contributed by atoms with Crippen LogP contribution in [0.25, 0.3) is 0 Å². The molecule has 0 unspecified atom stereocenters. The summed E-state index contributed by atoms with van der Waals surface area (Å²) in [5.41, 5.74) is 3.24. The summed E-state index contributed by atoms with van der Waals surface area (Å²) in [7, 11) is 0. The minimum atomic E-state index is 0.0234. The molecule has 1 aliphatic heterocycles. The van der Waals surface area contributed by atoms with Gasteiger partial charge in [-0.05, 0) is 42.8 Å². The minimum absolute atomic E-state index is 0.0234. The highest BCUT2D eigenvalue weighted by Crippen LogP contribution is 2.27. The van der Waals surface area contributed by atoms with E-state index < -0.39 is 0 Å². The van der Waals surface area contributed by atoms with Gasteiger partial charge in [0.05, 0.1) is 6.61 Å². The Labute approximate surface area is 105 Å². The van der Waals surface area contributed by atoms with E-state index in [1.807, 2.05) is 31.2 Å². The van der Waals surface area contributed by atoms with Crippen molar-refractivity contribution in [2.45, 2.75) is 13.3 Å². The zero-order valence-corrected chi connectivity index (χ0v) is 10.1. The van der Waals surface area contributed by atoms with Crippen LogP contribution < -0.4 is 4.74 Å². The predicted molar refractivity (Wildman–Crippen MR) is 68.0 cm³/mol. The van der Waals surface area contributed by atoms with Gasteiger partial charge in [0.1, 0.15) is 5.75 Å². The third kappa shape index (κ3) is 1.78. The van der Waals surface area contributed by atoms with Crippen molar-refractivity contribution < 1.29 is 9.53 Å². The van der Waals surface area contributed by atoms with Crippen LogP contribution in [-0.4, -0.2) is 17.4 Å². The summed E-state index contributed by atoms with van der Waals surface area (Å²) in [6, 6.07) is 9.22. The first-order valence-electron chi connectivity index (χ1n) is 5.98. The number of fused-ring (bicyclic) bond motifs is 1. The number of rotatable bonds is 2. The number of carbonyl (C=O) groups is 1. The number of pyridine rings is 1. The highest BCUT2D eigenvalue weighted by molar-refractivity contribution is 6.09. The lowest BCUT2D eigenvalue weighted by molar-refractivity contribution is 0.103. The SMILES string of the molecule is Cc1ncccc1C(=O)c1ccc2c(c1)CCO2. The molecule has 2 heterocycles. The van der Waals surface area contributed by atoms with Crippen molar-refractivity contribution in [3.8, 4) is 5.75 Å². The van der Waals surface area contributed by atoms with Crippen LogP contribution in [0.15, 0.2) is 36.5 Å². The first-order valence-corrected chi connectivity index (χ1v) is 5.98. The molecule has 1 aromatic heterocycles. The van der Waals surface area contributed by atoms with Gasteiger partial charge in [-0.3, -0.25) is 9.78 Å². The molecule has 2 aromatic rings. The molecule has 0 bridgehead atoms. The summed E-state index contributed by atoms with van der Waals surface area (Å²) in [6.45, 7) is 2.56. The number of ketones is 1. The Balaban J connectivity index is 2.01. The van der Waals surface area contributed by atoms with Crippen LogP contribution in [0.3, 0.4) is 0 Å². The molecule has 0 spiro atoms. The number of aryl methyl sites for hydroxylation is 1. The molecule has 0 fully saturated rings. The lowest BCUT2D eigenvalue weighted by atomic mass is 10.00. The molecule has 0 N–H and O–H groups in total. The number of ether oxygens (including phenoxy) is 1. The summed E-state index contributed by atoms with van der Waals surface area (Å²) in [5.74, 6) is 0.921. The van der Waals surface area contributed by atoms with E-state index in [1.54, 1.807) is 12.3 Å². The summed E-state index contributed by atoms with van der Waals surface area (Å²) in [6.07, 6.45) is 2.57. The largest absolute Gasteiger partial charge is 0.493 e. The molecule has 0 saturated carbocycles. The fraction of sp³-hybridized carbons (Fsp3) is 0.200. The Morgan fingerprint density at radius 1 is 1.33 bits per heavy atom. The Bertz CT molecular complexity index is 620. The van der Waals surface area contributed by atoms with Crippen LogP contribution in [0, 0.1) is 6.92 Å². The summed E-state index contributed by atoms with van der Waals surface area (Å²) in [5, 5.41) is 0. The van der Waals surface area contributed by atoms with E-state index in [0.29, 0.717) is 17.7 Å².